The van der Waals surface area contributed by atoms with Crippen LogP contribution in [0.5, 0.6) is 0 Å². The summed E-state index contributed by atoms with van der Waals surface area (Å²) in [7, 11) is 0. The number of aliphatic hydroxyl groups is 1. The Labute approximate surface area is 86.1 Å². The van der Waals surface area contributed by atoms with Crippen molar-refractivity contribution in [2.45, 2.75) is 44.8 Å². The lowest BCUT2D eigenvalue weighted by Crippen LogP contribution is -2.31. The largest absolute Gasteiger partial charge is 0.392 e. The van der Waals surface area contributed by atoms with Gasteiger partial charge in [0.15, 0.2) is 0 Å². The molecule has 2 N–H and O–H groups in total. The van der Waals surface area contributed by atoms with Crippen molar-refractivity contribution in [3.63, 3.8) is 0 Å². The van der Waals surface area contributed by atoms with Crippen molar-refractivity contribution in [3.8, 4) is 0 Å². The first kappa shape index (κ1) is 9.17. The van der Waals surface area contributed by atoms with Crippen LogP contribution in [-0.2, 0) is 0 Å². The Hall–Kier alpha value is -0.0800. The molecule has 0 aliphatic heterocycles. The molecule has 80 valence electrons. The van der Waals surface area contributed by atoms with Crippen LogP contribution >= 0.6 is 0 Å². The Balaban J connectivity index is 1.50. The van der Waals surface area contributed by atoms with Crippen molar-refractivity contribution in [2.24, 2.45) is 23.7 Å². The van der Waals surface area contributed by atoms with E-state index in [0.717, 1.165) is 42.7 Å². The van der Waals surface area contributed by atoms with E-state index in [-0.39, 0.29) is 6.10 Å². The Morgan fingerprint density at radius 2 is 1.93 bits per heavy atom. The lowest BCUT2D eigenvalue weighted by Gasteiger charge is -2.12. The molecule has 14 heavy (non-hydrogen) atoms. The van der Waals surface area contributed by atoms with Gasteiger partial charge in [-0.2, -0.15) is 0 Å². The minimum absolute atomic E-state index is 0.131. The number of hydrogen-bond acceptors (Lipinski definition) is 2. The number of hydrogen-bond donors (Lipinski definition) is 2. The second-order valence-electron chi connectivity index (χ2n) is 5.48. The summed E-state index contributed by atoms with van der Waals surface area (Å²) in [5.74, 6) is 4.08. The summed E-state index contributed by atoms with van der Waals surface area (Å²) < 4.78 is 0. The maximum absolute atomic E-state index is 9.48. The molecule has 3 saturated carbocycles. The molecule has 0 aromatic carbocycles. The van der Waals surface area contributed by atoms with Crippen LogP contribution in [0.25, 0.3) is 0 Å². The second-order valence-corrected chi connectivity index (χ2v) is 5.48. The normalized spacial score (nSPS) is 50.6. The van der Waals surface area contributed by atoms with Crippen molar-refractivity contribution < 1.29 is 5.11 Å². The first-order valence-corrected chi connectivity index (χ1v) is 6.22. The quantitative estimate of drug-likeness (QED) is 0.710. The third-order valence-electron chi connectivity index (χ3n) is 4.80. The fourth-order valence-electron chi connectivity index (χ4n) is 4.01. The maximum atomic E-state index is 9.48. The zero-order chi connectivity index (χ0) is 9.71. The molecule has 0 spiro atoms. The van der Waals surface area contributed by atoms with Crippen molar-refractivity contribution in [1.82, 2.24) is 5.32 Å². The summed E-state index contributed by atoms with van der Waals surface area (Å²) in [5.41, 5.74) is 0. The van der Waals surface area contributed by atoms with Crippen molar-refractivity contribution >= 4 is 0 Å². The summed E-state index contributed by atoms with van der Waals surface area (Å²) >= 11 is 0. The number of aliphatic hydroxyl groups excluding tert-OH is 1. The van der Waals surface area contributed by atoms with Gasteiger partial charge in [-0.3, -0.25) is 0 Å². The average molecular weight is 195 g/mol. The first-order valence-electron chi connectivity index (χ1n) is 6.22. The van der Waals surface area contributed by atoms with Gasteiger partial charge in [-0.25, -0.2) is 0 Å². The highest BCUT2D eigenvalue weighted by Crippen LogP contribution is 2.65. The predicted molar refractivity (Wildman–Crippen MR) is 55.9 cm³/mol. The van der Waals surface area contributed by atoms with Crippen molar-refractivity contribution in [2.75, 3.05) is 6.54 Å². The van der Waals surface area contributed by atoms with Crippen LogP contribution in [0.1, 0.15) is 32.6 Å². The van der Waals surface area contributed by atoms with Crippen molar-refractivity contribution in [1.29, 1.82) is 0 Å². The van der Waals surface area contributed by atoms with Gasteiger partial charge < -0.3 is 10.4 Å². The number of nitrogens with one attached hydrogen (secondary N) is 1. The van der Waals surface area contributed by atoms with Crippen LogP contribution in [0.2, 0.25) is 0 Å². The topological polar surface area (TPSA) is 32.3 Å². The summed E-state index contributed by atoms with van der Waals surface area (Å²) in [6, 6.07) is 0.780. The van der Waals surface area contributed by atoms with Gasteiger partial charge in [0.2, 0.25) is 0 Å². The predicted octanol–water partition coefficient (Wildman–Crippen LogP) is 1.39. The molecule has 0 heterocycles. The Morgan fingerprint density at radius 1 is 1.29 bits per heavy atom. The molecular formula is C12H21NO. The Morgan fingerprint density at radius 3 is 2.50 bits per heavy atom. The molecule has 3 aliphatic carbocycles. The first-order chi connectivity index (χ1) is 6.81. The van der Waals surface area contributed by atoms with Crippen LogP contribution < -0.4 is 5.32 Å². The molecular weight excluding hydrogens is 174 g/mol. The van der Waals surface area contributed by atoms with E-state index >= 15 is 0 Å². The molecule has 2 bridgehead atoms. The van der Waals surface area contributed by atoms with Crippen LogP contribution in [0.15, 0.2) is 0 Å². The molecule has 0 radical (unpaired) electrons. The highest BCUT2D eigenvalue weighted by Gasteiger charge is 2.64. The Bertz CT molecular complexity index is 214. The molecule has 5 atom stereocenters. The molecule has 0 saturated heterocycles. The minimum Gasteiger partial charge on any atom is -0.392 e. The third-order valence-corrected chi connectivity index (χ3v) is 4.80. The minimum atomic E-state index is -0.131. The Kier molecular flexibility index (Phi) is 2.10. The smallest absolute Gasteiger partial charge is 0.0662 e. The van der Waals surface area contributed by atoms with Crippen LogP contribution in [-0.4, -0.2) is 23.8 Å². The maximum Gasteiger partial charge on any atom is 0.0662 e. The molecule has 0 aromatic heterocycles. The average Bonchev–Trinajstić information content (AvgIpc) is 2.60. The van der Waals surface area contributed by atoms with Gasteiger partial charge in [0.1, 0.15) is 0 Å². The third kappa shape index (κ3) is 1.24. The van der Waals surface area contributed by atoms with Crippen LogP contribution in [0.3, 0.4) is 0 Å². The molecule has 2 nitrogen and oxygen atoms in total. The molecule has 5 unspecified atom stereocenters. The van der Waals surface area contributed by atoms with Gasteiger partial charge >= 0.3 is 0 Å². The SMILES string of the molecule is CCC(O)CNC1C2C3CCC(C3)C12. The zero-order valence-corrected chi connectivity index (χ0v) is 8.95. The molecule has 0 aromatic rings. The standard InChI is InChI=1S/C12H21NO/c1-2-9(14)6-13-12-10-7-3-4-8(5-7)11(10)12/h7-14H,2-6H2,1H3. The zero-order valence-electron chi connectivity index (χ0n) is 8.95. The summed E-state index contributed by atoms with van der Waals surface area (Å²) in [4.78, 5) is 0. The van der Waals surface area contributed by atoms with Gasteiger partial charge in [0.25, 0.3) is 0 Å². The lowest BCUT2D eigenvalue weighted by molar-refractivity contribution is 0.164. The summed E-state index contributed by atoms with van der Waals surface area (Å²) in [6.45, 7) is 2.86. The second kappa shape index (κ2) is 3.21. The summed E-state index contributed by atoms with van der Waals surface area (Å²) in [5, 5.41) is 13.0. The van der Waals surface area contributed by atoms with E-state index in [9.17, 15) is 5.11 Å². The number of fused-ring (bicyclic) bond motifs is 5. The monoisotopic (exact) mass is 195 g/mol. The van der Waals surface area contributed by atoms with Gasteiger partial charge in [-0.05, 0) is 49.4 Å². The van der Waals surface area contributed by atoms with Crippen molar-refractivity contribution in [3.05, 3.63) is 0 Å². The molecule has 3 rings (SSSR count). The molecule has 3 fully saturated rings. The molecule has 2 heteroatoms. The summed E-state index contributed by atoms with van der Waals surface area (Å²) in [6.07, 6.45) is 5.24. The van der Waals surface area contributed by atoms with E-state index in [1.807, 2.05) is 6.92 Å². The lowest BCUT2D eigenvalue weighted by atomic mass is 10.0. The number of rotatable bonds is 4. The van der Waals surface area contributed by atoms with Gasteiger partial charge in [-0.15, -0.1) is 0 Å². The van der Waals surface area contributed by atoms with E-state index in [4.69, 9.17) is 0 Å². The fraction of sp³-hybridized carbons (Fsp3) is 1.00. The van der Waals surface area contributed by atoms with Gasteiger partial charge in [0, 0.05) is 12.6 Å². The van der Waals surface area contributed by atoms with Gasteiger partial charge in [-0.1, -0.05) is 6.92 Å². The van der Waals surface area contributed by atoms with Gasteiger partial charge in [0.05, 0.1) is 6.10 Å². The fourth-order valence-corrected chi connectivity index (χ4v) is 4.01. The van der Waals surface area contributed by atoms with E-state index in [1.165, 1.54) is 19.3 Å². The molecule has 3 aliphatic rings. The van der Waals surface area contributed by atoms with E-state index in [2.05, 4.69) is 5.32 Å². The van der Waals surface area contributed by atoms with Crippen LogP contribution in [0.4, 0.5) is 0 Å². The van der Waals surface area contributed by atoms with E-state index in [0.29, 0.717) is 0 Å². The highest BCUT2D eigenvalue weighted by molar-refractivity contribution is 5.16. The van der Waals surface area contributed by atoms with E-state index < -0.39 is 0 Å². The highest BCUT2D eigenvalue weighted by atomic mass is 16.3. The van der Waals surface area contributed by atoms with Crippen LogP contribution in [0, 0.1) is 23.7 Å². The molecule has 0 amide bonds. The van der Waals surface area contributed by atoms with E-state index in [1.54, 1.807) is 0 Å².